The number of carboxylic acid groups (broad SMARTS) is 1. The zero-order valence-electron chi connectivity index (χ0n) is 20.1. The SMILES string of the molecule is CCC1(c2cccc(OC(=O)C(=O)CCC(=O)N[C@H](C(=O)O)C(C)C)c2)CCCCN(C)C1. The van der Waals surface area contributed by atoms with E-state index in [0.29, 0.717) is 5.75 Å². The molecule has 0 aliphatic carbocycles. The molecule has 2 rings (SSSR count). The predicted octanol–water partition coefficient (Wildman–Crippen LogP) is 2.93. The molecule has 0 bridgehead atoms. The normalized spacial score (nSPS) is 20.0. The Morgan fingerprint density at radius 3 is 2.55 bits per heavy atom. The second-order valence-electron chi connectivity index (χ2n) is 9.30. The first-order valence-electron chi connectivity index (χ1n) is 11.6. The highest BCUT2D eigenvalue weighted by Gasteiger charge is 2.33. The average molecular weight is 461 g/mol. The molecule has 1 saturated heterocycles. The third-order valence-corrected chi connectivity index (χ3v) is 6.41. The van der Waals surface area contributed by atoms with E-state index in [9.17, 15) is 19.2 Å². The third kappa shape index (κ3) is 7.39. The van der Waals surface area contributed by atoms with Gasteiger partial charge in [-0.25, -0.2) is 9.59 Å². The molecular formula is C25H36N2O6. The summed E-state index contributed by atoms with van der Waals surface area (Å²) in [6, 6.07) is 6.30. The van der Waals surface area contributed by atoms with Crippen LogP contribution in [0.3, 0.4) is 0 Å². The van der Waals surface area contributed by atoms with Crippen LogP contribution in [0.5, 0.6) is 5.75 Å². The number of hydrogen-bond acceptors (Lipinski definition) is 6. The maximum absolute atomic E-state index is 12.3. The first-order chi connectivity index (χ1) is 15.6. The van der Waals surface area contributed by atoms with Gasteiger partial charge in [0.2, 0.25) is 11.7 Å². The average Bonchev–Trinajstić information content (AvgIpc) is 2.97. The summed E-state index contributed by atoms with van der Waals surface area (Å²) in [5.74, 6) is -3.59. The van der Waals surface area contributed by atoms with E-state index in [0.717, 1.165) is 44.3 Å². The Kier molecular flexibility index (Phi) is 9.58. The van der Waals surface area contributed by atoms with Gasteiger partial charge in [0.1, 0.15) is 11.8 Å². The van der Waals surface area contributed by atoms with Crippen LogP contribution in [0.25, 0.3) is 0 Å². The number of likely N-dealkylation sites (N-methyl/N-ethyl adjacent to an activating group) is 1. The summed E-state index contributed by atoms with van der Waals surface area (Å²) in [6.45, 7) is 7.49. The number of nitrogens with zero attached hydrogens (tertiary/aromatic N) is 1. The van der Waals surface area contributed by atoms with Crippen LogP contribution in [0, 0.1) is 5.92 Å². The van der Waals surface area contributed by atoms with Crippen molar-refractivity contribution in [1.82, 2.24) is 10.2 Å². The van der Waals surface area contributed by atoms with Gasteiger partial charge in [0.25, 0.3) is 0 Å². The van der Waals surface area contributed by atoms with Crippen LogP contribution in [0.1, 0.15) is 64.9 Å². The van der Waals surface area contributed by atoms with Crippen molar-refractivity contribution < 1.29 is 29.0 Å². The molecule has 182 valence electrons. The minimum Gasteiger partial charge on any atom is -0.480 e. The Bertz CT molecular complexity index is 868. The summed E-state index contributed by atoms with van der Waals surface area (Å²) in [7, 11) is 2.12. The molecule has 0 radical (unpaired) electrons. The van der Waals surface area contributed by atoms with Gasteiger partial charge in [0.05, 0.1) is 0 Å². The van der Waals surface area contributed by atoms with Crippen LogP contribution < -0.4 is 10.1 Å². The fraction of sp³-hybridized carbons (Fsp3) is 0.600. The number of ether oxygens (including phenoxy) is 1. The molecule has 1 fully saturated rings. The Morgan fingerprint density at radius 2 is 1.91 bits per heavy atom. The van der Waals surface area contributed by atoms with Gasteiger partial charge in [-0.3, -0.25) is 9.59 Å². The smallest absolute Gasteiger partial charge is 0.379 e. The third-order valence-electron chi connectivity index (χ3n) is 6.41. The number of aliphatic carboxylic acids is 1. The second kappa shape index (κ2) is 11.9. The van der Waals surface area contributed by atoms with Crippen molar-refractivity contribution in [2.75, 3.05) is 20.1 Å². The summed E-state index contributed by atoms with van der Waals surface area (Å²) < 4.78 is 5.32. The van der Waals surface area contributed by atoms with Gasteiger partial charge in [0, 0.05) is 24.8 Å². The number of esters is 1. The van der Waals surface area contributed by atoms with Gasteiger partial charge in [0.15, 0.2) is 0 Å². The number of carboxylic acids is 1. The lowest BCUT2D eigenvalue weighted by atomic mass is 9.74. The van der Waals surface area contributed by atoms with Crippen LogP contribution in [0.2, 0.25) is 0 Å². The van der Waals surface area contributed by atoms with Crippen molar-refractivity contribution in [3.63, 3.8) is 0 Å². The Balaban J connectivity index is 1.99. The van der Waals surface area contributed by atoms with E-state index < -0.39 is 29.7 Å². The molecule has 2 N–H and O–H groups in total. The van der Waals surface area contributed by atoms with Crippen LogP contribution in [0.4, 0.5) is 0 Å². The lowest BCUT2D eigenvalue weighted by Crippen LogP contribution is -2.44. The van der Waals surface area contributed by atoms with Crippen molar-refractivity contribution >= 4 is 23.6 Å². The van der Waals surface area contributed by atoms with Gasteiger partial charge in [-0.15, -0.1) is 0 Å². The van der Waals surface area contributed by atoms with Gasteiger partial charge in [-0.1, -0.05) is 39.3 Å². The molecule has 1 aromatic carbocycles. The van der Waals surface area contributed by atoms with Crippen molar-refractivity contribution in [3.8, 4) is 5.75 Å². The highest BCUT2D eigenvalue weighted by Crippen LogP contribution is 2.37. The van der Waals surface area contributed by atoms with Gasteiger partial charge >= 0.3 is 11.9 Å². The summed E-state index contributed by atoms with van der Waals surface area (Å²) in [6.07, 6.45) is 3.65. The van der Waals surface area contributed by atoms with E-state index in [4.69, 9.17) is 9.84 Å². The molecule has 0 spiro atoms. The zero-order valence-corrected chi connectivity index (χ0v) is 20.1. The van der Waals surface area contributed by atoms with Crippen molar-refractivity contribution in [2.45, 2.75) is 70.8 Å². The molecule has 1 aromatic rings. The number of Topliss-reactive ketones (excluding diaryl/α,β-unsaturated/α-hetero) is 1. The number of benzene rings is 1. The summed E-state index contributed by atoms with van der Waals surface area (Å²) in [5.41, 5.74) is 1.05. The first-order valence-corrected chi connectivity index (χ1v) is 11.6. The molecule has 1 amide bonds. The number of carbonyl (C=O) groups excluding carboxylic acids is 3. The van der Waals surface area contributed by atoms with Gasteiger partial charge in [-0.2, -0.15) is 0 Å². The molecule has 1 aliphatic rings. The number of carbonyl (C=O) groups is 4. The fourth-order valence-corrected chi connectivity index (χ4v) is 4.39. The van der Waals surface area contributed by atoms with E-state index in [1.807, 2.05) is 18.2 Å². The summed E-state index contributed by atoms with van der Waals surface area (Å²) >= 11 is 0. The van der Waals surface area contributed by atoms with Crippen molar-refractivity contribution in [3.05, 3.63) is 29.8 Å². The minimum atomic E-state index is -1.14. The lowest BCUT2D eigenvalue weighted by Gasteiger charge is -2.35. The summed E-state index contributed by atoms with van der Waals surface area (Å²) in [5, 5.41) is 11.5. The zero-order chi connectivity index (χ0) is 24.6. The molecule has 2 atom stereocenters. The van der Waals surface area contributed by atoms with E-state index in [-0.39, 0.29) is 24.2 Å². The number of hydrogen-bond donors (Lipinski definition) is 2. The maximum Gasteiger partial charge on any atom is 0.379 e. The quantitative estimate of drug-likeness (QED) is 0.314. The minimum absolute atomic E-state index is 0.0349. The van der Waals surface area contributed by atoms with Crippen LogP contribution in [-0.4, -0.2) is 59.8 Å². The van der Waals surface area contributed by atoms with Crippen molar-refractivity contribution in [1.29, 1.82) is 0 Å². The molecule has 1 heterocycles. The second-order valence-corrected chi connectivity index (χ2v) is 9.30. The molecule has 8 nitrogen and oxygen atoms in total. The monoisotopic (exact) mass is 460 g/mol. The van der Waals surface area contributed by atoms with E-state index in [1.54, 1.807) is 19.9 Å². The fourth-order valence-electron chi connectivity index (χ4n) is 4.39. The molecule has 0 saturated carbocycles. The number of amides is 1. The molecular weight excluding hydrogens is 424 g/mol. The van der Waals surface area contributed by atoms with Gasteiger partial charge in [-0.05, 0) is 56.5 Å². The molecule has 1 unspecified atom stereocenters. The number of likely N-dealkylation sites (tertiary alicyclic amines) is 1. The lowest BCUT2D eigenvalue weighted by molar-refractivity contribution is -0.147. The van der Waals surface area contributed by atoms with Crippen LogP contribution >= 0.6 is 0 Å². The standard InChI is InChI=1S/C25H36N2O6/c1-5-25(13-6-7-14-27(4)16-25)18-9-8-10-19(15-18)33-24(32)20(28)11-12-21(29)26-22(17(2)3)23(30)31/h8-10,15,17,22H,5-7,11-14,16H2,1-4H3,(H,26,29)(H,30,31)/t22-,25?/m0/s1. The first kappa shape index (κ1) is 26.5. The number of ketones is 1. The topological polar surface area (TPSA) is 113 Å². The molecule has 0 aromatic heterocycles. The number of rotatable bonds is 10. The number of nitrogens with one attached hydrogen (secondary N) is 1. The largest absolute Gasteiger partial charge is 0.480 e. The summed E-state index contributed by atoms with van der Waals surface area (Å²) in [4.78, 5) is 50.1. The van der Waals surface area contributed by atoms with E-state index in [2.05, 4.69) is 24.2 Å². The molecule has 1 aliphatic heterocycles. The highest BCUT2D eigenvalue weighted by atomic mass is 16.5. The highest BCUT2D eigenvalue weighted by molar-refractivity contribution is 6.34. The maximum atomic E-state index is 12.3. The van der Waals surface area contributed by atoms with Crippen LogP contribution in [0.15, 0.2) is 24.3 Å². The Labute approximate surface area is 195 Å². The predicted molar refractivity (Wildman–Crippen MR) is 124 cm³/mol. The Morgan fingerprint density at radius 1 is 1.18 bits per heavy atom. The molecule has 8 heteroatoms. The molecule has 33 heavy (non-hydrogen) atoms. The van der Waals surface area contributed by atoms with Crippen molar-refractivity contribution in [2.24, 2.45) is 5.92 Å². The Hall–Kier alpha value is -2.74. The van der Waals surface area contributed by atoms with Crippen LogP contribution in [-0.2, 0) is 24.6 Å². The van der Waals surface area contributed by atoms with Gasteiger partial charge < -0.3 is 20.1 Å². The van der Waals surface area contributed by atoms with E-state index in [1.165, 1.54) is 0 Å². The van der Waals surface area contributed by atoms with E-state index >= 15 is 0 Å².